The van der Waals surface area contributed by atoms with Crippen molar-refractivity contribution in [1.29, 1.82) is 0 Å². The Morgan fingerprint density at radius 1 is 1.50 bits per heavy atom. The number of esters is 1. The first-order valence-electron chi connectivity index (χ1n) is 6.47. The van der Waals surface area contributed by atoms with Crippen LogP contribution in [0.25, 0.3) is 0 Å². The van der Waals surface area contributed by atoms with E-state index in [0.717, 1.165) is 5.56 Å². The van der Waals surface area contributed by atoms with Crippen molar-refractivity contribution in [1.82, 2.24) is 0 Å². The molecule has 6 heteroatoms. The average Bonchev–Trinajstić information content (AvgIpc) is 2.40. The molecule has 0 atom stereocenters. The summed E-state index contributed by atoms with van der Waals surface area (Å²) in [7, 11) is 0. The molecule has 0 saturated carbocycles. The Morgan fingerprint density at radius 3 is 2.90 bits per heavy atom. The summed E-state index contributed by atoms with van der Waals surface area (Å²) < 4.78 is 10.4. The van der Waals surface area contributed by atoms with Crippen LogP contribution >= 0.6 is 0 Å². The summed E-state index contributed by atoms with van der Waals surface area (Å²) in [5, 5.41) is 0. The molecule has 0 radical (unpaired) electrons. The fourth-order valence-corrected chi connectivity index (χ4v) is 1.98. The maximum atomic E-state index is 11.9. The van der Waals surface area contributed by atoms with Gasteiger partial charge in [0.2, 0.25) is 0 Å². The van der Waals surface area contributed by atoms with E-state index in [0.29, 0.717) is 18.0 Å². The first-order chi connectivity index (χ1) is 9.51. The highest BCUT2D eigenvalue weighted by atomic mass is 16.5. The third-order valence-electron chi connectivity index (χ3n) is 2.86. The van der Waals surface area contributed by atoms with Crippen LogP contribution in [0.4, 0.5) is 5.69 Å². The summed E-state index contributed by atoms with van der Waals surface area (Å²) >= 11 is 0. The smallest absolute Gasteiger partial charge is 0.326 e. The van der Waals surface area contributed by atoms with Gasteiger partial charge in [-0.1, -0.05) is 6.07 Å². The Morgan fingerprint density at radius 2 is 2.25 bits per heavy atom. The SMILES string of the molecule is CC(C)OC(=O)CN1C(=O)COc2ccc(CN)cc21. The predicted octanol–water partition coefficient (Wildman–Crippen LogP) is 0.822. The zero-order valence-corrected chi connectivity index (χ0v) is 11.6. The van der Waals surface area contributed by atoms with Gasteiger partial charge in [-0.2, -0.15) is 0 Å². The lowest BCUT2D eigenvalue weighted by Crippen LogP contribution is -2.42. The number of carbonyl (C=O) groups excluding carboxylic acids is 2. The van der Waals surface area contributed by atoms with Gasteiger partial charge in [-0.15, -0.1) is 0 Å². The number of ether oxygens (including phenoxy) is 2. The standard InChI is InChI=1S/C14H18N2O4/c1-9(2)20-14(18)7-16-11-5-10(6-15)3-4-12(11)19-8-13(16)17/h3-5,9H,6-8,15H2,1-2H3. The molecule has 0 aromatic heterocycles. The van der Waals surface area contributed by atoms with Crippen molar-refractivity contribution in [3.05, 3.63) is 23.8 Å². The van der Waals surface area contributed by atoms with E-state index < -0.39 is 5.97 Å². The zero-order chi connectivity index (χ0) is 14.7. The third-order valence-corrected chi connectivity index (χ3v) is 2.86. The van der Waals surface area contributed by atoms with Gasteiger partial charge in [-0.3, -0.25) is 14.5 Å². The van der Waals surface area contributed by atoms with Gasteiger partial charge in [-0.25, -0.2) is 0 Å². The Kier molecular flexibility index (Phi) is 4.24. The number of hydrogen-bond acceptors (Lipinski definition) is 5. The molecule has 2 N–H and O–H groups in total. The van der Waals surface area contributed by atoms with E-state index in [-0.39, 0.29) is 25.2 Å². The minimum Gasteiger partial charge on any atom is -0.482 e. The second kappa shape index (κ2) is 5.92. The van der Waals surface area contributed by atoms with Crippen LogP contribution in [0.1, 0.15) is 19.4 Å². The number of rotatable bonds is 4. The molecule has 0 unspecified atom stereocenters. The highest BCUT2D eigenvalue weighted by molar-refractivity contribution is 6.01. The molecule has 108 valence electrons. The molecule has 20 heavy (non-hydrogen) atoms. The molecule has 0 spiro atoms. The fraction of sp³-hybridized carbons (Fsp3) is 0.429. The second-order valence-electron chi connectivity index (χ2n) is 4.81. The van der Waals surface area contributed by atoms with E-state index in [4.69, 9.17) is 15.2 Å². The van der Waals surface area contributed by atoms with Gasteiger partial charge < -0.3 is 15.2 Å². The van der Waals surface area contributed by atoms with Crippen LogP contribution in [0.2, 0.25) is 0 Å². The lowest BCUT2D eigenvalue weighted by Gasteiger charge is -2.29. The molecule has 1 heterocycles. The molecule has 0 saturated heterocycles. The van der Waals surface area contributed by atoms with Crippen LogP contribution in [-0.4, -0.2) is 31.1 Å². The first-order valence-corrected chi connectivity index (χ1v) is 6.47. The van der Waals surface area contributed by atoms with Gasteiger partial charge in [0, 0.05) is 6.54 Å². The maximum absolute atomic E-state index is 11.9. The van der Waals surface area contributed by atoms with E-state index in [9.17, 15) is 9.59 Å². The number of amides is 1. The Hall–Kier alpha value is -2.08. The number of hydrogen-bond donors (Lipinski definition) is 1. The molecule has 1 aliphatic rings. The average molecular weight is 278 g/mol. The fourth-order valence-electron chi connectivity index (χ4n) is 1.98. The summed E-state index contributed by atoms with van der Waals surface area (Å²) in [6.07, 6.45) is -0.214. The number of fused-ring (bicyclic) bond motifs is 1. The van der Waals surface area contributed by atoms with Gasteiger partial charge in [0.15, 0.2) is 6.61 Å². The Bertz CT molecular complexity index is 528. The summed E-state index contributed by atoms with van der Waals surface area (Å²) in [5.41, 5.74) is 7.02. The normalized spacial score (nSPS) is 14.0. The molecular formula is C14H18N2O4. The van der Waals surface area contributed by atoms with Crippen LogP contribution < -0.4 is 15.4 Å². The quantitative estimate of drug-likeness (QED) is 0.825. The van der Waals surface area contributed by atoms with Crippen LogP contribution in [0.3, 0.4) is 0 Å². The molecule has 6 nitrogen and oxygen atoms in total. The maximum Gasteiger partial charge on any atom is 0.326 e. The minimum absolute atomic E-state index is 0.0794. The van der Waals surface area contributed by atoms with Crippen molar-refractivity contribution in [2.75, 3.05) is 18.1 Å². The number of benzene rings is 1. The van der Waals surface area contributed by atoms with Crippen molar-refractivity contribution < 1.29 is 19.1 Å². The molecular weight excluding hydrogens is 260 g/mol. The number of anilines is 1. The summed E-state index contributed by atoms with van der Waals surface area (Å²) in [4.78, 5) is 25.1. The van der Waals surface area contributed by atoms with Crippen LogP contribution in [-0.2, 0) is 20.9 Å². The summed E-state index contributed by atoms with van der Waals surface area (Å²) in [6.45, 7) is 3.68. The topological polar surface area (TPSA) is 81.9 Å². The molecule has 1 aromatic rings. The largest absolute Gasteiger partial charge is 0.482 e. The highest BCUT2D eigenvalue weighted by Crippen LogP contribution is 2.32. The first kappa shape index (κ1) is 14.3. The lowest BCUT2D eigenvalue weighted by molar-refractivity contribution is -0.146. The van der Waals surface area contributed by atoms with E-state index in [1.807, 2.05) is 6.07 Å². The molecule has 1 aromatic carbocycles. The minimum atomic E-state index is -0.445. The lowest BCUT2D eigenvalue weighted by atomic mass is 10.1. The van der Waals surface area contributed by atoms with Crippen LogP contribution in [0.5, 0.6) is 5.75 Å². The van der Waals surface area contributed by atoms with Gasteiger partial charge in [0.05, 0.1) is 11.8 Å². The van der Waals surface area contributed by atoms with Gasteiger partial charge >= 0.3 is 5.97 Å². The summed E-state index contributed by atoms with van der Waals surface area (Å²) in [6, 6.07) is 5.35. The zero-order valence-electron chi connectivity index (χ0n) is 11.6. The van der Waals surface area contributed by atoms with Gasteiger partial charge in [0.1, 0.15) is 12.3 Å². The summed E-state index contributed by atoms with van der Waals surface area (Å²) in [5.74, 6) is -0.147. The second-order valence-corrected chi connectivity index (χ2v) is 4.81. The monoisotopic (exact) mass is 278 g/mol. The molecule has 2 rings (SSSR count). The number of nitrogens with zero attached hydrogens (tertiary/aromatic N) is 1. The van der Waals surface area contributed by atoms with Crippen LogP contribution in [0, 0.1) is 0 Å². The molecule has 1 amide bonds. The van der Waals surface area contributed by atoms with Crippen molar-refractivity contribution in [2.45, 2.75) is 26.5 Å². The molecule has 0 aliphatic carbocycles. The van der Waals surface area contributed by atoms with Gasteiger partial charge in [0.25, 0.3) is 5.91 Å². The van der Waals surface area contributed by atoms with Crippen molar-refractivity contribution in [3.63, 3.8) is 0 Å². The van der Waals surface area contributed by atoms with Crippen molar-refractivity contribution >= 4 is 17.6 Å². The van der Waals surface area contributed by atoms with Crippen molar-refractivity contribution in [2.24, 2.45) is 5.73 Å². The highest BCUT2D eigenvalue weighted by Gasteiger charge is 2.28. The van der Waals surface area contributed by atoms with Crippen molar-refractivity contribution in [3.8, 4) is 5.75 Å². The van der Waals surface area contributed by atoms with E-state index in [1.54, 1.807) is 26.0 Å². The van der Waals surface area contributed by atoms with Crippen LogP contribution in [0.15, 0.2) is 18.2 Å². The Balaban J connectivity index is 2.24. The van der Waals surface area contributed by atoms with E-state index in [1.165, 1.54) is 4.90 Å². The third kappa shape index (κ3) is 3.08. The number of nitrogens with two attached hydrogens (primary N) is 1. The van der Waals surface area contributed by atoms with Gasteiger partial charge in [-0.05, 0) is 31.5 Å². The van der Waals surface area contributed by atoms with E-state index >= 15 is 0 Å². The molecule has 0 fully saturated rings. The molecule has 1 aliphatic heterocycles. The Labute approximate surface area is 117 Å². The predicted molar refractivity (Wildman–Crippen MR) is 73.4 cm³/mol. The van der Waals surface area contributed by atoms with E-state index in [2.05, 4.69) is 0 Å². The number of carbonyl (C=O) groups is 2. The molecule has 0 bridgehead atoms.